The normalized spacial score (nSPS) is 10.8. The zero-order valence-electron chi connectivity index (χ0n) is 14.1. The number of hydrogen-bond acceptors (Lipinski definition) is 3. The molecule has 0 aliphatic carbocycles. The first-order valence-corrected chi connectivity index (χ1v) is 8.06. The quantitative estimate of drug-likeness (QED) is 0.545. The van der Waals surface area contributed by atoms with E-state index in [1.54, 1.807) is 14.2 Å². The highest BCUT2D eigenvalue weighted by molar-refractivity contribution is 5.81. The Balaban J connectivity index is 1.88. The van der Waals surface area contributed by atoms with Crippen LogP contribution in [0.2, 0.25) is 0 Å². The first-order valence-electron chi connectivity index (χ1n) is 8.06. The van der Waals surface area contributed by atoms with Crippen LogP contribution in [0.5, 0.6) is 11.5 Å². The third-order valence-corrected chi connectivity index (χ3v) is 4.26. The number of imidazole rings is 1. The molecule has 2 aromatic carbocycles. The second kappa shape index (κ2) is 6.32. The standard InChI is InChI=1S/C21H18N2O2/c1-24-17-10-6-15(7-11-17)20-19-5-3-4-14-23(19)21(22-20)16-8-12-18(25-2)13-9-16/h3-14H,1-2H3. The highest BCUT2D eigenvalue weighted by Gasteiger charge is 2.14. The summed E-state index contributed by atoms with van der Waals surface area (Å²) in [5.74, 6) is 2.58. The molecule has 0 saturated heterocycles. The summed E-state index contributed by atoms with van der Waals surface area (Å²) in [6.07, 6.45) is 2.04. The summed E-state index contributed by atoms with van der Waals surface area (Å²) >= 11 is 0. The minimum Gasteiger partial charge on any atom is -0.497 e. The molecule has 0 aliphatic heterocycles. The monoisotopic (exact) mass is 330 g/mol. The van der Waals surface area contributed by atoms with Gasteiger partial charge in [-0.1, -0.05) is 6.07 Å². The lowest BCUT2D eigenvalue weighted by molar-refractivity contribution is 0.415. The molecule has 0 spiro atoms. The maximum absolute atomic E-state index is 5.25. The summed E-state index contributed by atoms with van der Waals surface area (Å²) in [4.78, 5) is 4.92. The summed E-state index contributed by atoms with van der Waals surface area (Å²) in [7, 11) is 3.34. The van der Waals surface area contributed by atoms with E-state index in [1.165, 1.54) is 0 Å². The maximum Gasteiger partial charge on any atom is 0.145 e. The molecule has 4 aromatic rings. The Hall–Kier alpha value is -3.27. The van der Waals surface area contributed by atoms with Gasteiger partial charge in [0.15, 0.2) is 0 Å². The minimum absolute atomic E-state index is 0.833. The third kappa shape index (κ3) is 2.72. The van der Waals surface area contributed by atoms with Crippen LogP contribution < -0.4 is 9.47 Å². The van der Waals surface area contributed by atoms with Crippen LogP contribution in [0.3, 0.4) is 0 Å². The summed E-state index contributed by atoms with van der Waals surface area (Å²) in [5, 5.41) is 0. The predicted octanol–water partition coefficient (Wildman–Crippen LogP) is 4.69. The van der Waals surface area contributed by atoms with Crippen LogP contribution in [-0.4, -0.2) is 23.6 Å². The van der Waals surface area contributed by atoms with Crippen molar-refractivity contribution in [1.29, 1.82) is 0 Å². The summed E-state index contributed by atoms with van der Waals surface area (Å²) in [6, 6.07) is 22.1. The van der Waals surface area contributed by atoms with E-state index in [9.17, 15) is 0 Å². The molecule has 0 unspecified atom stereocenters. The van der Waals surface area contributed by atoms with Gasteiger partial charge in [0.25, 0.3) is 0 Å². The van der Waals surface area contributed by atoms with Crippen molar-refractivity contribution >= 4 is 5.52 Å². The SMILES string of the molecule is COc1ccc(-c2nc(-c3ccc(OC)cc3)n3ccccc23)cc1. The van der Waals surface area contributed by atoms with E-state index >= 15 is 0 Å². The molecule has 0 N–H and O–H groups in total. The summed E-state index contributed by atoms with van der Waals surface area (Å²) in [6.45, 7) is 0. The van der Waals surface area contributed by atoms with Gasteiger partial charge in [0.05, 0.1) is 25.4 Å². The number of aromatic nitrogens is 2. The molecular weight excluding hydrogens is 312 g/mol. The molecule has 124 valence electrons. The fourth-order valence-electron chi connectivity index (χ4n) is 2.94. The molecule has 0 radical (unpaired) electrons. The van der Waals surface area contributed by atoms with Gasteiger partial charge in [-0.2, -0.15) is 0 Å². The van der Waals surface area contributed by atoms with E-state index in [-0.39, 0.29) is 0 Å². The van der Waals surface area contributed by atoms with Crippen molar-refractivity contribution in [3.05, 3.63) is 72.9 Å². The number of ether oxygens (including phenoxy) is 2. The summed E-state index contributed by atoms with van der Waals surface area (Å²) in [5.41, 5.74) is 4.12. The molecule has 25 heavy (non-hydrogen) atoms. The second-order valence-corrected chi connectivity index (χ2v) is 5.70. The number of hydrogen-bond donors (Lipinski definition) is 0. The molecule has 0 atom stereocenters. The Labute approximate surface area is 146 Å². The van der Waals surface area contributed by atoms with Gasteiger partial charge in [0.1, 0.15) is 17.3 Å². The smallest absolute Gasteiger partial charge is 0.145 e. The number of fused-ring (bicyclic) bond motifs is 1. The van der Waals surface area contributed by atoms with Crippen molar-refractivity contribution in [3.63, 3.8) is 0 Å². The summed E-state index contributed by atoms with van der Waals surface area (Å²) < 4.78 is 12.6. The topological polar surface area (TPSA) is 35.8 Å². The lowest BCUT2D eigenvalue weighted by Crippen LogP contribution is -1.89. The first kappa shape index (κ1) is 15.3. The Morgan fingerprint density at radius 1 is 0.720 bits per heavy atom. The van der Waals surface area contributed by atoms with Crippen LogP contribution in [0.4, 0.5) is 0 Å². The maximum atomic E-state index is 5.25. The molecular formula is C21H18N2O2. The first-order chi connectivity index (χ1) is 12.3. The third-order valence-electron chi connectivity index (χ3n) is 4.26. The number of methoxy groups -OCH3 is 2. The highest BCUT2D eigenvalue weighted by atomic mass is 16.5. The Morgan fingerprint density at radius 2 is 1.32 bits per heavy atom. The van der Waals surface area contributed by atoms with E-state index in [2.05, 4.69) is 10.5 Å². The van der Waals surface area contributed by atoms with Gasteiger partial charge >= 0.3 is 0 Å². The molecule has 2 aromatic heterocycles. The molecule has 4 rings (SSSR count). The van der Waals surface area contributed by atoms with E-state index in [0.717, 1.165) is 39.7 Å². The van der Waals surface area contributed by atoms with Gasteiger partial charge in [-0.3, -0.25) is 4.40 Å². The largest absolute Gasteiger partial charge is 0.497 e. The molecule has 0 fully saturated rings. The second-order valence-electron chi connectivity index (χ2n) is 5.70. The zero-order valence-corrected chi connectivity index (χ0v) is 14.1. The fourth-order valence-corrected chi connectivity index (χ4v) is 2.94. The van der Waals surface area contributed by atoms with Gasteiger partial charge in [-0.25, -0.2) is 4.98 Å². The average Bonchev–Trinajstić information content (AvgIpc) is 3.08. The molecule has 4 nitrogen and oxygen atoms in total. The number of nitrogens with zero attached hydrogens (tertiary/aromatic N) is 2. The number of rotatable bonds is 4. The van der Waals surface area contributed by atoms with Crippen molar-refractivity contribution in [2.75, 3.05) is 14.2 Å². The van der Waals surface area contributed by atoms with E-state index < -0.39 is 0 Å². The number of benzene rings is 2. The zero-order chi connectivity index (χ0) is 17.2. The lowest BCUT2D eigenvalue weighted by atomic mass is 10.1. The molecule has 0 bridgehead atoms. The molecule has 0 amide bonds. The molecule has 4 heteroatoms. The average molecular weight is 330 g/mol. The van der Waals surface area contributed by atoms with Crippen molar-refractivity contribution in [1.82, 2.24) is 9.38 Å². The molecule has 2 heterocycles. The van der Waals surface area contributed by atoms with Gasteiger partial charge < -0.3 is 9.47 Å². The van der Waals surface area contributed by atoms with Crippen molar-refractivity contribution < 1.29 is 9.47 Å². The van der Waals surface area contributed by atoms with Crippen molar-refractivity contribution in [3.8, 4) is 34.1 Å². The van der Waals surface area contributed by atoms with Crippen LogP contribution in [0, 0.1) is 0 Å². The lowest BCUT2D eigenvalue weighted by Gasteiger charge is -2.03. The molecule has 0 aliphatic rings. The highest BCUT2D eigenvalue weighted by Crippen LogP contribution is 2.31. The predicted molar refractivity (Wildman–Crippen MR) is 99.2 cm³/mol. The van der Waals surface area contributed by atoms with E-state index in [0.29, 0.717) is 0 Å². The van der Waals surface area contributed by atoms with Gasteiger partial charge in [0.2, 0.25) is 0 Å². The van der Waals surface area contributed by atoms with Crippen molar-refractivity contribution in [2.45, 2.75) is 0 Å². The van der Waals surface area contributed by atoms with Crippen LogP contribution in [-0.2, 0) is 0 Å². The molecule has 0 saturated carbocycles. The van der Waals surface area contributed by atoms with Crippen LogP contribution in [0.25, 0.3) is 28.2 Å². The van der Waals surface area contributed by atoms with Crippen LogP contribution in [0.15, 0.2) is 72.9 Å². The Kier molecular flexibility index (Phi) is 3.86. The Morgan fingerprint density at radius 3 is 1.92 bits per heavy atom. The van der Waals surface area contributed by atoms with Crippen LogP contribution >= 0.6 is 0 Å². The minimum atomic E-state index is 0.833. The van der Waals surface area contributed by atoms with Gasteiger partial charge in [0, 0.05) is 17.3 Å². The number of pyridine rings is 1. The van der Waals surface area contributed by atoms with Gasteiger partial charge in [-0.05, 0) is 60.7 Å². The van der Waals surface area contributed by atoms with E-state index in [4.69, 9.17) is 14.5 Å². The van der Waals surface area contributed by atoms with Gasteiger partial charge in [-0.15, -0.1) is 0 Å². The van der Waals surface area contributed by atoms with E-state index in [1.807, 2.05) is 66.9 Å². The van der Waals surface area contributed by atoms with Crippen molar-refractivity contribution in [2.24, 2.45) is 0 Å². The van der Waals surface area contributed by atoms with Crippen LogP contribution in [0.1, 0.15) is 0 Å². The Bertz CT molecular complexity index is 921. The fraction of sp³-hybridized carbons (Fsp3) is 0.0952.